The lowest BCUT2D eigenvalue weighted by Crippen LogP contribution is -2.06. The Balaban J connectivity index is 1.74. The van der Waals surface area contributed by atoms with E-state index < -0.39 is 0 Å². The number of nitrogens with one attached hydrogen (secondary N) is 1. The highest BCUT2D eigenvalue weighted by molar-refractivity contribution is 5.86. The summed E-state index contributed by atoms with van der Waals surface area (Å²) in [6.45, 7) is 4.54. The van der Waals surface area contributed by atoms with E-state index in [1.807, 2.05) is 18.2 Å². The third-order valence-electron chi connectivity index (χ3n) is 2.83. The summed E-state index contributed by atoms with van der Waals surface area (Å²) in [7, 11) is 0. The van der Waals surface area contributed by atoms with Gasteiger partial charge in [0.1, 0.15) is 5.52 Å². The molecule has 104 valence electrons. The van der Waals surface area contributed by atoms with Crippen molar-refractivity contribution in [3.05, 3.63) is 18.2 Å². The number of nitrogen functional groups attached to an aromatic ring is 1. The van der Waals surface area contributed by atoms with Crippen molar-refractivity contribution in [2.45, 2.75) is 26.2 Å². The van der Waals surface area contributed by atoms with Gasteiger partial charge >= 0.3 is 0 Å². The van der Waals surface area contributed by atoms with E-state index in [2.05, 4.69) is 17.2 Å². The van der Waals surface area contributed by atoms with Crippen LogP contribution in [0.2, 0.25) is 0 Å². The van der Waals surface area contributed by atoms with Crippen LogP contribution in [0.5, 0.6) is 0 Å². The highest BCUT2D eigenvalue weighted by Gasteiger charge is 2.06. The van der Waals surface area contributed by atoms with Crippen LogP contribution in [-0.4, -0.2) is 24.7 Å². The van der Waals surface area contributed by atoms with E-state index in [0.29, 0.717) is 22.8 Å². The number of rotatable bonds is 8. The lowest BCUT2D eigenvalue weighted by Gasteiger charge is -2.03. The van der Waals surface area contributed by atoms with Crippen molar-refractivity contribution in [2.24, 2.45) is 0 Å². The predicted octanol–water partition coefficient (Wildman–Crippen LogP) is 3.03. The van der Waals surface area contributed by atoms with Gasteiger partial charge in [-0.1, -0.05) is 19.4 Å². The van der Waals surface area contributed by atoms with E-state index in [0.717, 1.165) is 32.6 Å². The van der Waals surface area contributed by atoms with Crippen LogP contribution in [0.3, 0.4) is 0 Å². The van der Waals surface area contributed by atoms with Gasteiger partial charge in [0, 0.05) is 19.8 Å². The van der Waals surface area contributed by atoms with Crippen molar-refractivity contribution in [3.8, 4) is 0 Å². The number of fused-ring (bicyclic) bond motifs is 1. The summed E-state index contributed by atoms with van der Waals surface area (Å²) >= 11 is 0. The maximum atomic E-state index is 5.82. The zero-order valence-electron chi connectivity index (χ0n) is 11.3. The summed E-state index contributed by atoms with van der Waals surface area (Å²) in [6.07, 6.45) is 3.22. The molecule has 5 nitrogen and oxygen atoms in total. The number of nitrogens with two attached hydrogens (primary N) is 1. The minimum atomic E-state index is 0.515. The van der Waals surface area contributed by atoms with E-state index >= 15 is 0 Å². The molecule has 0 saturated carbocycles. The molecule has 2 aromatic rings. The Hall–Kier alpha value is -1.75. The fourth-order valence-electron chi connectivity index (χ4n) is 1.76. The normalized spacial score (nSPS) is 11.0. The molecule has 19 heavy (non-hydrogen) atoms. The second-order valence-electron chi connectivity index (χ2n) is 4.46. The third kappa shape index (κ3) is 3.86. The molecule has 3 N–H and O–H groups in total. The van der Waals surface area contributed by atoms with Crippen LogP contribution in [-0.2, 0) is 4.74 Å². The number of unbranched alkanes of at least 4 members (excludes halogenated alkanes) is 1. The average Bonchev–Trinajstić information content (AvgIpc) is 2.82. The van der Waals surface area contributed by atoms with Gasteiger partial charge in [0.15, 0.2) is 5.58 Å². The zero-order chi connectivity index (χ0) is 13.5. The van der Waals surface area contributed by atoms with Crippen LogP contribution < -0.4 is 11.1 Å². The first-order valence-corrected chi connectivity index (χ1v) is 6.78. The van der Waals surface area contributed by atoms with Gasteiger partial charge in [0.05, 0.1) is 5.69 Å². The monoisotopic (exact) mass is 263 g/mol. The van der Waals surface area contributed by atoms with E-state index in [4.69, 9.17) is 14.9 Å². The summed E-state index contributed by atoms with van der Waals surface area (Å²) < 4.78 is 11.0. The number of oxazole rings is 1. The van der Waals surface area contributed by atoms with E-state index in [1.165, 1.54) is 6.42 Å². The SMILES string of the molecule is CCCCOCCCNc1nc2c(N)cccc2o1. The van der Waals surface area contributed by atoms with E-state index in [9.17, 15) is 0 Å². The zero-order valence-corrected chi connectivity index (χ0v) is 11.3. The highest BCUT2D eigenvalue weighted by atomic mass is 16.5. The molecule has 0 aliphatic heterocycles. The molecule has 0 amide bonds. The van der Waals surface area contributed by atoms with Gasteiger partial charge in [0.2, 0.25) is 0 Å². The molecular weight excluding hydrogens is 242 g/mol. The van der Waals surface area contributed by atoms with Crippen LogP contribution in [0, 0.1) is 0 Å². The van der Waals surface area contributed by atoms with Gasteiger partial charge in [0.25, 0.3) is 6.01 Å². The molecule has 0 bridgehead atoms. The molecule has 5 heteroatoms. The maximum Gasteiger partial charge on any atom is 0.295 e. The van der Waals surface area contributed by atoms with Gasteiger partial charge in [-0.25, -0.2) is 0 Å². The van der Waals surface area contributed by atoms with Gasteiger partial charge in [-0.05, 0) is 25.0 Å². The molecule has 0 unspecified atom stereocenters. The molecule has 0 atom stereocenters. The first-order chi connectivity index (χ1) is 9.31. The molecule has 0 aliphatic carbocycles. The van der Waals surface area contributed by atoms with Crippen molar-refractivity contribution in [1.82, 2.24) is 4.98 Å². The molecular formula is C14H21N3O2. The number of benzene rings is 1. The smallest absolute Gasteiger partial charge is 0.295 e. The van der Waals surface area contributed by atoms with Crippen molar-refractivity contribution < 1.29 is 9.15 Å². The van der Waals surface area contributed by atoms with E-state index in [-0.39, 0.29) is 0 Å². The standard InChI is InChI=1S/C14H21N3O2/c1-2-3-9-18-10-5-8-16-14-17-13-11(15)6-4-7-12(13)19-14/h4,6-7H,2-3,5,8-10,15H2,1H3,(H,16,17). The average molecular weight is 263 g/mol. The number of anilines is 2. The molecule has 0 fully saturated rings. The van der Waals surface area contributed by atoms with E-state index in [1.54, 1.807) is 0 Å². The number of ether oxygens (including phenoxy) is 1. The molecule has 1 aromatic carbocycles. The van der Waals surface area contributed by atoms with Crippen molar-refractivity contribution in [2.75, 3.05) is 30.8 Å². The largest absolute Gasteiger partial charge is 0.423 e. The number of nitrogens with zero attached hydrogens (tertiary/aromatic N) is 1. The quantitative estimate of drug-likeness (QED) is 0.565. The molecule has 0 radical (unpaired) electrons. The van der Waals surface area contributed by atoms with Gasteiger partial charge in [-0.2, -0.15) is 4.98 Å². The Bertz CT molecular complexity index is 510. The van der Waals surface area contributed by atoms with Gasteiger partial charge in [-0.15, -0.1) is 0 Å². The number of aromatic nitrogens is 1. The van der Waals surface area contributed by atoms with Crippen LogP contribution in [0.1, 0.15) is 26.2 Å². The molecule has 0 aliphatic rings. The Morgan fingerprint density at radius 3 is 2.95 bits per heavy atom. The van der Waals surface area contributed by atoms with Crippen LogP contribution in [0.4, 0.5) is 11.7 Å². The Labute approximate surface area is 113 Å². The topological polar surface area (TPSA) is 73.3 Å². The van der Waals surface area contributed by atoms with Crippen molar-refractivity contribution in [3.63, 3.8) is 0 Å². The summed E-state index contributed by atoms with van der Waals surface area (Å²) in [5.41, 5.74) is 7.88. The van der Waals surface area contributed by atoms with Gasteiger partial charge < -0.3 is 20.2 Å². The predicted molar refractivity (Wildman–Crippen MR) is 77.3 cm³/mol. The number of hydrogen-bond acceptors (Lipinski definition) is 5. The minimum Gasteiger partial charge on any atom is -0.423 e. The second kappa shape index (κ2) is 6.99. The molecule has 1 aromatic heterocycles. The number of para-hydroxylation sites is 1. The van der Waals surface area contributed by atoms with Crippen LogP contribution in [0.25, 0.3) is 11.1 Å². The molecule has 0 saturated heterocycles. The van der Waals surface area contributed by atoms with Crippen LogP contribution in [0.15, 0.2) is 22.6 Å². The lowest BCUT2D eigenvalue weighted by molar-refractivity contribution is 0.131. The summed E-state index contributed by atoms with van der Waals surface area (Å²) in [4.78, 5) is 4.32. The molecule has 2 rings (SSSR count). The van der Waals surface area contributed by atoms with Crippen LogP contribution >= 0.6 is 0 Å². The second-order valence-corrected chi connectivity index (χ2v) is 4.46. The fraction of sp³-hybridized carbons (Fsp3) is 0.500. The molecule has 0 spiro atoms. The number of hydrogen-bond donors (Lipinski definition) is 2. The first kappa shape index (κ1) is 13.7. The van der Waals surface area contributed by atoms with Crippen molar-refractivity contribution in [1.29, 1.82) is 0 Å². The maximum absolute atomic E-state index is 5.82. The summed E-state index contributed by atoms with van der Waals surface area (Å²) in [5, 5.41) is 3.14. The summed E-state index contributed by atoms with van der Waals surface area (Å²) in [6, 6.07) is 6.05. The fourth-order valence-corrected chi connectivity index (χ4v) is 1.76. The molecule has 1 heterocycles. The highest BCUT2D eigenvalue weighted by Crippen LogP contribution is 2.23. The Kier molecular flexibility index (Phi) is 5.03. The minimum absolute atomic E-state index is 0.515. The Morgan fingerprint density at radius 1 is 1.32 bits per heavy atom. The third-order valence-corrected chi connectivity index (χ3v) is 2.83. The van der Waals surface area contributed by atoms with Crippen molar-refractivity contribution >= 4 is 22.8 Å². The lowest BCUT2D eigenvalue weighted by atomic mass is 10.3. The first-order valence-electron chi connectivity index (χ1n) is 6.78. The Morgan fingerprint density at radius 2 is 2.16 bits per heavy atom. The summed E-state index contributed by atoms with van der Waals surface area (Å²) in [5.74, 6) is 0. The van der Waals surface area contributed by atoms with Gasteiger partial charge in [-0.3, -0.25) is 0 Å².